The first-order valence-electron chi connectivity index (χ1n) is 24.2. The highest BCUT2D eigenvalue weighted by atomic mass is 31.2. The van der Waals surface area contributed by atoms with E-state index in [0.717, 1.165) is 64.2 Å². The molecule has 1 rings (SSSR count). The van der Waals surface area contributed by atoms with Crippen molar-refractivity contribution in [2.24, 2.45) is 0 Å². The number of rotatable bonds is 41. The van der Waals surface area contributed by atoms with E-state index in [1.54, 1.807) is 0 Å². The van der Waals surface area contributed by atoms with Crippen molar-refractivity contribution < 1.29 is 76.9 Å². The highest BCUT2D eigenvalue weighted by Crippen LogP contribution is 2.49. The summed E-state index contributed by atoms with van der Waals surface area (Å²) < 4.78 is 49.4. The van der Waals surface area contributed by atoms with Crippen LogP contribution in [-0.2, 0) is 41.8 Å². The third-order valence-corrected chi connectivity index (χ3v) is 12.8. The Bertz CT molecular complexity index is 1280. The van der Waals surface area contributed by atoms with Crippen molar-refractivity contribution in [3.8, 4) is 0 Å². The maximum atomic E-state index is 13.0. The van der Waals surface area contributed by atoms with Crippen molar-refractivity contribution in [1.29, 1.82) is 0 Å². The van der Waals surface area contributed by atoms with E-state index in [1.807, 2.05) is 0 Å². The molecule has 0 heterocycles. The fraction of sp³-hybridized carbons (Fsp3) is 0.911. The number of hydrogen-bond donors (Lipinski definition) is 7. The molecule has 7 N–H and O–H groups in total. The average Bonchev–Trinajstić information content (AvgIpc) is 3.23. The number of aliphatic hydroxyl groups excluding tert-OH is 4. The fourth-order valence-corrected chi connectivity index (χ4v) is 9.09. The number of unbranched alkanes of at least 4 members (excludes halogenated alkanes) is 25. The molecule has 5 unspecified atom stereocenters. The number of hydrogen-bond acceptors (Lipinski definition) is 13. The first-order chi connectivity index (χ1) is 30.1. The van der Waals surface area contributed by atoms with Gasteiger partial charge < -0.3 is 44.6 Å². The van der Waals surface area contributed by atoms with E-state index in [1.165, 1.54) is 103 Å². The Morgan fingerprint density at radius 3 is 1.30 bits per heavy atom. The second-order valence-electron chi connectivity index (χ2n) is 17.2. The van der Waals surface area contributed by atoms with Crippen molar-refractivity contribution in [3.05, 3.63) is 12.2 Å². The topological polar surface area (TPSA) is 256 Å². The maximum Gasteiger partial charge on any atom is 0.472 e. The number of carbonyl (C=O) groups is 2. The Morgan fingerprint density at radius 1 is 0.492 bits per heavy atom. The quantitative estimate of drug-likeness (QED) is 0.0130. The maximum absolute atomic E-state index is 13.0. The minimum Gasteiger partial charge on any atom is -0.462 e. The number of allylic oxidation sites excluding steroid dienone is 2. The molecule has 372 valence electrons. The molecule has 0 aromatic rings. The molecule has 0 aromatic carbocycles. The molecule has 0 aromatic heterocycles. The van der Waals surface area contributed by atoms with Crippen LogP contribution in [0.4, 0.5) is 0 Å². The van der Waals surface area contributed by atoms with Gasteiger partial charge in [-0.25, -0.2) is 9.13 Å². The van der Waals surface area contributed by atoms with Gasteiger partial charge in [0.15, 0.2) is 6.10 Å². The Hall–Kier alpha value is -1.26. The number of carbonyl (C=O) groups excluding carboxylic acids is 2. The molecule has 0 aliphatic heterocycles. The summed E-state index contributed by atoms with van der Waals surface area (Å²) in [5.74, 6) is -1.20. The summed E-state index contributed by atoms with van der Waals surface area (Å²) in [4.78, 5) is 54.3. The molecule has 1 aliphatic carbocycles. The summed E-state index contributed by atoms with van der Waals surface area (Å²) in [6.07, 6.45) is 21.7. The van der Waals surface area contributed by atoms with Crippen molar-refractivity contribution in [2.45, 2.75) is 249 Å². The Balaban J connectivity index is 2.58. The van der Waals surface area contributed by atoms with Crippen LogP contribution < -0.4 is 0 Å². The van der Waals surface area contributed by atoms with Crippen LogP contribution in [0.1, 0.15) is 206 Å². The molecule has 0 amide bonds. The van der Waals surface area contributed by atoms with Crippen LogP contribution in [0.15, 0.2) is 12.2 Å². The Morgan fingerprint density at radius 2 is 0.873 bits per heavy atom. The van der Waals surface area contributed by atoms with Crippen molar-refractivity contribution in [2.75, 3.05) is 13.2 Å². The molecule has 1 saturated carbocycles. The second kappa shape index (κ2) is 36.8. The molecule has 8 atom stereocenters. The standard InChI is InChI=1S/C45H86O16P2/c1-3-5-7-9-11-13-15-17-19-21-23-25-27-29-31-33-38(46)57-35-37(59-39(47)34-32-30-28-26-24-22-20-18-16-14-12-10-8-6-4-2)36-58-63(55,56)61-45-42(50)40(48)41(49)44(43(45)51)60-62(52,53)54/h18,20,37,40-45,48-51H,3-17,19,21-36H2,1-2H3,(H,55,56)(H2,52,53,54)/t37-,40?,41?,42?,43?,44-,45+/m1/s1. The van der Waals surface area contributed by atoms with E-state index in [9.17, 15) is 53.8 Å². The lowest BCUT2D eigenvalue weighted by molar-refractivity contribution is -0.216. The molecule has 16 nitrogen and oxygen atoms in total. The monoisotopic (exact) mass is 945 g/mol. The minimum absolute atomic E-state index is 0.0383. The van der Waals surface area contributed by atoms with Gasteiger partial charge in [0.1, 0.15) is 43.2 Å². The number of esters is 2. The van der Waals surface area contributed by atoms with Crippen LogP contribution in [-0.4, -0.2) is 103 Å². The van der Waals surface area contributed by atoms with Gasteiger partial charge in [-0.2, -0.15) is 0 Å². The fourth-order valence-electron chi connectivity index (χ4n) is 7.55. The number of ether oxygens (including phenoxy) is 2. The zero-order valence-corrected chi connectivity index (χ0v) is 40.3. The van der Waals surface area contributed by atoms with Gasteiger partial charge in [0.05, 0.1) is 6.61 Å². The zero-order valence-electron chi connectivity index (χ0n) is 38.5. The summed E-state index contributed by atoms with van der Waals surface area (Å²) in [6.45, 7) is 3.11. The number of aliphatic hydroxyl groups is 4. The van der Waals surface area contributed by atoms with Gasteiger partial charge in [0.2, 0.25) is 0 Å². The summed E-state index contributed by atoms with van der Waals surface area (Å²) in [7, 11) is -10.7. The number of phosphoric acid groups is 2. The first kappa shape index (κ1) is 59.8. The van der Waals surface area contributed by atoms with Crippen molar-refractivity contribution >= 4 is 27.6 Å². The predicted octanol–water partition coefficient (Wildman–Crippen LogP) is 9.18. The SMILES string of the molecule is CCCCCCCCC=CCCCCCCCC(=O)O[C@H](COC(=O)CCCCCCCCCCCCCCCCC)COP(=O)(O)O[C@H]1C(O)C(O)C(O)[C@@H](OP(=O)(O)O)C1O. The minimum atomic E-state index is -5.36. The van der Waals surface area contributed by atoms with E-state index < -0.39 is 83.5 Å². The molecular weight excluding hydrogens is 858 g/mol. The van der Waals surface area contributed by atoms with Crippen LogP contribution in [0.5, 0.6) is 0 Å². The molecule has 0 spiro atoms. The molecule has 1 fully saturated rings. The largest absolute Gasteiger partial charge is 0.472 e. The lowest BCUT2D eigenvalue weighted by Gasteiger charge is -2.43. The predicted molar refractivity (Wildman–Crippen MR) is 241 cm³/mol. The van der Waals surface area contributed by atoms with Gasteiger partial charge in [-0.05, 0) is 38.5 Å². The highest BCUT2D eigenvalue weighted by Gasteiger charge is 2.54. The van der Waals surface area contributed by atoms with E-state index in [-0.39, 0.29) is 12.8 Å². The van der Waals surface area contributed by atoms with Gasteiger partial charge >= 0.3 is 27.6 Å². The average molecular weight is 945 g/mol. The first-order valence-corrected chi connectivity index (χ1v) is 27.3. The van der Waals surface area contributed by atoms with Crippen LogP contribution in [0, 0.1) is 0 Å². The van der Waals surface area contributed by atoms with Crippen LogP contribution in [0.3, 0.4) is 0 Å². The Labute approximate surface area is 378 Å². The lowest BCUT2D eigenvalue weighted by Crippen LogP contribution is -2.64. The van der Waals surface area contributed by atoms with E-state index in [4.69, 9.17) is 18.5 Å². The van der Waals surface area contributed by atoms with Gasteiger partial charge in [-0.3, -0.25) is 23.2 Å². The molecule has 0 saturated heterocycles. The van der Waals surface area contributed by atoms with Crippen molar-refractivity contribution in [1.82, 2.24) is 0 Å². The molecule has 1 aliphatic rings. The number of phosphoric ester groups is 2. The van der Waals surface area contributed by atoms with E-state index in [0.29, 0.717) is 12.8 Å². The third kappa shape index (κ3) is 31.4. The second-order valence-corrected chi connectivity index (χ2v) is 19.8. The Kier molecular flexibility index (Phi) is 34.9. The summed E-state index contributed by atoms with van der Waals surface area (Å²) in [5.41, 5.74) is 0. The van der Waals surface area contributed by atoms with Crippen molar-refractivity contribution in [3.63, 3.8) is 0 Å². The molecule has 18 heteroatoms. The van der Waals surface area contributed by atoms with Crippen LogP contribution in [0.25, 0.3) is 0 Å². The van der Waals surface area contributed by atoms with Gasteiger partial charge in [0, 0.05) is 12.8 Å². The van der Waals surface area contributed by atoms with Crippen LogP contribution in [0.2, 0.25) is 0 Å². The molecular formula is C45H86O16P2. The summed E-state index contributed by atoms with van der Waals surface area (Å²) in [6, 6.07) is 0. The smallest absolute Gasteiger partial charge is 0.462 e. The summed E-state index contributed by atoms with van der Waals surface area (Å²) in [5, 5.41) is 41.2. The highest BCUT2D eigenvalue weighted by molar-refractivity contribution is 7.47. The summed E-state index contributed by atoms with van der Waals surface area (Å²) >= 11 is 0. The van der Waals surface area contributed by atoms with E-state index in [2.05, 4.69) is 30.5 Å². The van der Waals surface area contributed by atoms with Gasteiger partial charge in [0.25, 0.3) is 0 Å². The lowest BCUT2D eigenvalue weighted by atomic mass is 9.85. The molecule has 63 heavy (non-hydrogen) atoms. The van der Waals surface area contributed by atoms with Gasteiger partial charge in [-0.15, -0.1) is 0 Å². The van der Waals surface area contributed by atoms with E-state index >= 15 is 0 Å². The molecule has 0 radical (unpaired) electrons. The molecule has 0 bridgehead atoms. The normalized spacial score (nSPS) is 22.0. The zero-order chi connectivity index (χ0) is 46.8. The third-order valence-electron chi connectivity index (χ3n) is 11.3. The van der Waals surface area contributed by atoms with Crippen LogP contribution >= 0.6 is 15.6 Å². The van der Waals surface area contributed by atoms with Gasteiger partial charge in [-0.1, -0.05) is 167 Å².